The van der Waals surface area contributed by atoms with Gasteiger partial charge < -0.3 is 5.32 Å². The molecule has 0 spiro atoms. The van der Waals surface area contributed by atoms with E-state index in [0.717, 1.165) is 0 Å². The number of rotatable bonds is 4. The van der Waals surface area contributed by atoms with Gasteiger partial charge in [-0.05, 0) is 36.6 Å². The Bertz CT molecular complexity index is 406. The van der Waals surface area contributed by atoms with Crippen LogP contribution in [0.3, 0.4) is 0 Å². The summed E-state index contributed by atoms with van der Waals surface area (Å²) < 4.78 is 13.0. The molecule has 1 atom stereocenters. The van der Waals surface area contributed by atoms with Crippen LogP contribution in [-0.2, 0) is 0 Å². The molecule has 0 saturated heterocycles. The van der Waals surface area contributed by atoms with Crippen LogP contribution in [0.25, 0.3) is 0 Å². The van der Waals surface area contributed by atoms with Crippen molar-refractivity contribution in [3.05, 3.63) is 35.1 Å². The highest BCUT2D eigenvalue weighted by Gasteiger charge is 2.12. The average Bonchev–Trinajstić information content (AvgIpc) is 2.28. The minimum absolute atomic E-state index is 0.168. The summed E-state index contributed by atoms with van der Waals surface area (Å²) in [5, 5.41) is 2.82. The molecule has 1 rings (SSSR count). The molecule has 0 bridgehead atoms. The largest absolute Gasteiger partial charge is 0.351 e. The van der Waals surface area contributed by atoms with Crippen molar-refractivity contribution in [2.45, 2.75) is 25.6 Å². The third kappa shape index (κ3) is 4.11. The van der Waals surface area contributed by atoms with Gasteiger partial charge in [0, 0.05) is 16.9 Å². The van der Waals surface area contributed by atoms with E-state index in [2.05, 4.69) is 35.1 Å². The van der Waals surface area contributed by atoms with Crippen LogP contribution >= 0.6 is 15.9 Å². The number of benzene rings is 1. The monoisotopic (exact) mass is 301 g/mol. The Kier molecular flexibility index (Phi) is 5.12. The average molecular weight is 302 g/mol. The summed E-state index contributed by atoms with van der Waals surface area (Å²) >= 11 is 3.49. The van der Waals surface area contributed by atoms with Gasteiger partial charge in [-0.1, -0.05) is 29.8 Å². The van der Waals surface area contributed by atoms with Crippen molar-refractivity contribution < 1.29 is 9.18 Å². The fourth-order valence-corrected chi connectivity index (χ4v) is 1.48. The Morgan fingerprint density at radius 3 is 2.65 bits per heavy atom. The lowest BCUT2D eigenvalue weighted by molar-refractivity contribution is 0.0952. The smallest absolute Gasteiger partial charge is 0.251 e. The molecule has 0 aromatic heterocycles. The highest BCUT2D eigenvalue weighted by Crippen LogP contribution is 2.12. The fraction of sp³-hybridized carbons (Fsp3) is 0.462. The van der Waals surface area contributed by atoms with Crippen LogP contribution in [0.1, 0.15) is 29.8 Å². The summed E-state index contributed by atoms with van der Waals surface area (Å²) in [5.41, 5.74) is 0.976. The first-order valence-corrected chi connectivity index (χ1v) is 6.51. The molecule has 0 aliphatic carbocycles. The van der Waals surface area contributed by atoms with Gasteiger partial charge in [-0.15, -0.1) is 0 Å². The zero-order chi connectivity index (χ0) is 13.0. The molecule has 1 N–H and O–H groups in total. The van der Waals surface area contributed by atoms with E-state index in [4.69, 9.17) is 0 Å². The first-order chi connectivity index (χ1) is 7.91. The van der Waals surface area contributed by atoms with E-state index >= 15 is 0 Å². The number of carbonyl (C=O) groups is 1. The number of hydrogen-bond donors (Lipinski definition) is 1. The van der Waals surface area contributed by atoms with E-state index in [-0.39, 0.29) is 16.6 Å². The molecular formula is C13H17BrFNO. The molecule has 0 aliphatic heterocycles. The molecule has 2 nitrogen and oxygen atoms in total. The van der Waals surface area contributed by atoms with E-state index in [0.29, 0.717) is 23.6 Å². The molecule has 4 heteroatoms. The molecule has 1 aromatic rings. The van der Waals surface area contributed by atoms with E-state index in [1.54, 1.807) is 13.0 Å². The van der Waals surface area contributed by atoms with E-state index in [9.17, 15) is 9.18 Å². The van der Waals surface area contributed by atoms with Gasteiger partial charge in [0.1, 0.15) is 5.82 Å². The van der Waals surface area contributed by atoms with Gasteiger partial charge in [-0.25, -0.2) is 4.39 Å². The third-order valence-corrected chi connectivity index (χ3v) is 3.98. The molecule has 94 valence electrons. The number of nitrogens with one attached hydrogen (secondary N) is 1. The molecule has 1 aromatic carbocycles. The Morgan fingerprint density at radius 2 is 2.12 bits per heavy atom. The maximum atomic E-state index is 13.0. The molecule has 17 heavy (non-hydrogen) atoms. The van der Waals surface area contributed by atoms with Crippen LogP contribution in [-0.4, -0.2) is 17.3 Å². The molecule has 0 saturated carbocycles. The molecule has 0 aliphatic rings. The van der Waals surface area contributed by atoms with Crippen molar-refractivity contribution in [1.29, 1.82) is 0 Å². The van der Waals surface area contributed by atoms with Crippen LogP contribution in [0, 0.1) is 18.7 Å². The highest BCUT2D eigenvalue weighted by molar-refractivity contribution is 9.09. The maximum absolute atomic E-state index is 13.0. The SMILES string of the molecule is Cc1cc(C(=O)NCC(Br)C(C)C)ccc1F. The lowest BCUT2D eigenvalue weighted by atomic mass is 10.1. The Balaban J connectivity index is 2.61. The number of carbonyl (C=O) groups excluding carboxylic acids is 1. The van der Waals surface area contributed by atoms with Crippen LogP contribution in [0.2, 0.25) is 0 Å². The van der Waals surface area contributed by atoms with Crippen LogP contribution in [0.5, 0.6) is 0 Å². The normalized spacial score (nSPS) is 12.6. The summed E-state index contributed by atoms with van der Waals surface area (Å²) in [6.07, 6.45) is 0. The lowest BCUT2D eigenvalue weighted by Gasteiger charge is -2.14. The zero-order valence-corrected chi connectivity index (χ0v) is 11.8. The van der Waals surface area contributed by atoms with Crippen molar-refractivity contribution in [3.8, 4) is 0 Å². The highest BCUT2D eigenvalue weighted by atomic mass is 79.9. The molecule has 0 radical (unpaired) electrons. The number of halogens is 2. The van der Waals surface area contributed by atoms with Gasteiger partial charge in [-0.3, -0.25) is 4.79 Å². The zero-order valence-electron chi connectivity index (χ0n) is 10.3. The standard InChI is InChI=1S/C13H17BrFNO/c1-8(2)11(14)7-16-13(17)10-4-5-12(15)9(3)6-10/h4-6,8,11H,7H2,1-3H3,(H,16,17). The van der Waals surface area contributed by atoms with Crippen molar-refractivity contribution >= 4 is 21.8 Å². The molecular weight excluding hydrogens is 285 g/mol. The molecule has 0 heterocycles. The van der Waals surface area contributed by atoms with Gasteiger partial charge in [0.05, 0.1) is 0 Å². The van der Waals surface area contributed by atoms with E-state index in [1.807, 2.05) is 0 Å². The predicted octanol–water partition coefficient (Wildman–Crippen LogP) is 3.28. The van der Waals surface area contributed by atoms with Gasteiger partial charge in [0.15, 0.2) is 0 Å². The number of aryl methyl sites for hydroxylation is 1. The quantitative estimate of drug-likeness (QED) is 0.850. The topological polar surface area (TPSA) is 29.1 Å². The lowest BCUT2D eigenvalue weighted by Crippen LogP contribution is -2.31. The molecule has 0 fully saturated rings. The maximum Gasteiger partial charge on any atom is 0.251 e. The van der Waals surface area contributed by atoms with Gasteiger partial charge in [0.25, 0.3) is 5.91 Å². The summed E-state index contributed by atoms with van der Waals surface area (Å²) in [7, 11) is 0. The van der Waals surface area contributed by atoms with Crippen LogP contribution < -0.4 is 5.32 Å². The second-order valence-corrected chi connectivity index (χ2v) is 5.61. The number of amides is 1. The molecule has 1 unspecified atom stereocenters. The minimum atomic E-state index is -0.290. The van der Waals surface area contributed by atoms with Crippen molar-refractivity contribution in [3.63, 3.8) is 0 Å². The Morgan fingerprint density at radius 1 is 1.47 bits per heavy atom. The second-order valence-electron chi connectivity index (χ2n) is 4.43. The van der Waals surface area contributed by atoms with E-state index < -0.39 is 0 Å². The van der Waals surface area contributed by atoms with Crippen LogP contribution in [0.15, 0.2) is 18.2 Å². The van der Waals surface area contributed by atoms with Gasteiger partial charge >= 0.3 is 0 Å². The second kappa shape index (κ2) is 6.15. The number of alkyl halides is 1. The Hall–Kier alpha value is -0.900. The summed E-state index contributed by atoms with van der Waals surface area (Å²) in [6, 6.07) is 4.37. The summed E-state index contributed by atoms with van der Waals surface area (Å²) in [4.78, 5) is 12.0. The van der Waals surface area contributed by atoms with Crippen molar-refractivity contribution in [2.75, 3.05) is 6.54 Å². The van der Waals surface area contributed by atoms with Crippen molar-refractivity contribution in [1.82, 2.24) is 5.32 Å². The first kappa shape index (κ1) is 14.2. The third-order valence-electron chi connectivity index (χ3n) is 2.60. The summed E-state index contributed by atoms with van der Waals surface area (Å²) in [6.45, 7) is 6.36. The number of hydrogen-bond acceptors (Lipinski definition) is 1. The van der Waals surface area contributed by atoms with Crippen LogP contribution in [0.4, 0.5) is 4.39 Å². The van der Waals surface area contributed by atoms with E-state index in [1.165, 1.54) is 12.1 Å². The van der Waals surface area contributed by atoms with Crippen molar-refractivity contribution in [2.24, 2.45) is 5.92 Å². The molecule has 1 amide bonds. The first-order valence-electron chi connectivity index (χ1n) is 5.60. The predicted molar refractivity (Wildman–Crippen MR) is 71.0 cm³/mol. The minimum Gasteiger partial charge on any atom is -0.351 e. The fourth-order valence-electron chi connectivity index (χ4n) is 1.31. The summed E-state index contributed by atoms with van der Waals surface area (Å²) in [5.74, 6) is -0.00875. The Labute approximate surface area is 110 Å². The van der Waals surface area contributed by atoms with Gasteiger partial charge in [0.2, 0.25) is 0 Å². The van der Waals surface area contributed by atoms with Gasteiger partial charge in [-0.2, -0.15) is 0 Å².